The third-order valence-corrected chi connectivity index (χ3v) is 4.23. The molecule has 0 spiro atoms. The summed E-state index contributed by atoms with van der Waals surface area (Å²) in [6.07, 6.45) is 0.437. The number of para-hydroxylation sites is 1. The zero-order chi connectivity index (χ0) is 14.9. The van der Waals surface area contributed by atoms with Gasteiger partial charge in [0.25, 0.3) is 0 Å². The number of carbonyl (C=O) groups is 1. The molecule has 0 amide bonds. The second kappa shape index (κ2) is 5.34. The zero-order valence-electron chi connectivity index (χ0n) is 12.1. The Hall–Kier alpha value is -2.13. The fourth-order valence-corrected chi connectivity index (χ4v) is 2.98. The Bertz CT molecular complexity index is 653. The third-order valence-electron chi connectivity index (χ3n) is 4.23. The van der Waals surface area contributed by atoms with Crippen LogP contribution in [0.1, 0.15) is 24.5 Å². The molecule has 1 N–H and O–H groups in total. The van der Waals surface area contributed by atoms with Crippen LogP contribution in [-0.2, 0) is 16.9 Å². The van der Waals surface area contributed by atoms with E-state index >= 15 is 0 Å². The van der Waals surface area contributed by atoms with E-state index in [0.29, 0.717) is 13.0 Å². The molecule has 1 aliphatic heterocycles. The molecule has 2 aromatic carbocycles. The Morgan fingerprint density at radius 2 is 1.81 bits per heavy atom. The standard InChI is InChI=1S/C18H19NO2/c1-14(20)18(21)11-12-19(13-15-7-3-2-4-8-15)17-10-6-5-9-16(17)18/h2-10,21H,11-13H2,1H3. The van der Waals surface area contributed by atoms with Gasteiger partial charge in [-0.15, -0.1) is 0 Å². The molecule has 1 aliphatic rings. The van der Waals surface area contributed by atoms with Crippen molar-refractivity contribution in [2.45, 2.75) is 25.5 Å². The van der Waals surface area contributed by atoms with Crippen LogP contribution in [0.25, 0.3) is 0 Å². The number of aliphatic hydroxyl groups is 1. The van der Waals surface area contributed by atoms with Crippen LogP contribution in [0.4, 0.5) is 5.69 Å². The van der Waals surface area contributed by atoms with Gasteiger partial charge in [0.1, 0.15) is 0 Å². The first-order valence-electron chi connectivity index (χ1n) is 7.23. The minimum atomic E-state index is -1.34. The summed E-state index contributed by atoms with van der Waals surface area (Å²) in [5.74, 6) is -0.186. The molecule has 3 nitrogen and oxygen atoms in total. The Morgan fingerprint density at radius 1 is 1.14 bits per heavy atom. The van der Waals surface area contributed by atoms with E-state index in [0.717, 1.165) is 17.8 Å². The monoisotopic (exact) mass is 281 g/mol. The van der Waals surface area contributed by atoms with E-state index in [1.54, 1.807) is 0 Å². The summed E-state index contributed by atoms with van der Waals surface area (Å²) in [6.45, 7) is 2.91. The average Bonchev–Trinajstić information content (AvgIpc) is 2.51. The number of benzene rings is 2. The van der Waals surface area contributed by atoms with Crippen molar-refractivity contribution in [1.82, 2.24) is 0 Å². The van der Waals surface area contributed by atoms with E-state index in [4.69, 9.17) is 0 Å². The number of rotatable bonds is 3. The molecule has 0 fully saturated rings. The highest BCUT2D eigenvalue weighted by molar-refractivity contribution is 5.89. The predicted molar refractivity (Wildman–Crippen MR) is 83.1 cm³/mol. The van der Waals surface area contributed by atoms with Gasteiger partial charge in [-0.3, -0.25) is 4.79 Å². The van der Waals surface area contributed by atoms with Crippen molar-refractivity contribution < 1.29 is 9.90 Å². The van der Waals surface area contributed by atoms with E-state index in [1.165, 1.54) is 12.5 Å². The number of hydrogen-bond donors (Lipinski definition) is 1. The van der Waals surface area contributed by atoms with Crippen LogP contribution in [0.3, 0.4) is 0 Å². The van der Waals surface area contributed by atoms with Gasteiger partial charge in [-0.2, -0.15) is 0 Å². The molecule has 3 rings (SSSR count). The van der Waals surface area contributed by atoms with Gasteiger partial charge >= 0.3 is 0 Å². The molecule has 1 unspecified atom stereocenters. The lowest BCUT2D eigenvalue weighted by molar-refractivity contribution is -0.137. The molecule has 108 valence electrons. The maximum absolute atomic E-state index is 11.9. The highest BCUT2D eigenvalue weighted by atomic mass is 16.3. The van der Waals surface area contributed by atoms with E-state index in [2.05, 4.69) is 17.0 Å². The summed E-state index contributed by atoms with van der Waals surface area (Å²) < 4.78 is 0. The fourth-order valence-electron chi connectivity index (χ4n) is 2.98. The molecule has 0 radical (unpaired) electrons. The lowest BCUT2D eigenvalue weighted by atomic mass is 9.82. The Kier molecular flexibility index (Phi) is 3.52. The first kappa shape index (κ1) is 13.8. The predicted octanol–water partition coefficient (Wildman–Crippen LogP) is 2.87. The smallest absolute Gasteiger partial charge is 0.165 e. The molecule has 0 saturated carbocycles. The number of carbonyl (C=O) groups excluding carboxylic acids is 1. The van der Waals surface area contributed by atoms with E-state index in [-0.39, 0.29) is 5.78 Å². The van der Waals surface area contributed by atoms with Gasteiger partial charge in [0.15, 0.2) is 11.4 Å². The second-order valence-electron chi connectivity index (χ2n) is 5.59. The van der Waals surface area contributed by atoms with Gasteiger partial charge in [-0.05, 0) is 18.6 Å². The molecule has 0 saturated heterocycles. The van der Waals surface area contributed by atoms with Gasteiger partial charge in [0, 0.05) is 30.8 Å². The Morgan fingerprint density at radius 3 is 2.52 bits per heavy atom. The first-order chi connectivity index (χ1) is 10.1. The first-order valence-corrected chi connectivity index (χ1v) is 7.23. The van der Waals surface area contributed by atoms with Crippen LogP contribution in [0.15, 0.2) is 54.6 Å². The highest BCUT2D eigenvalue weighted by Gasteiger charge is 2.40. The number of nitrogens with zero attached hydrogens (tertiary/aromatic N) is 1. The van der Waals surface area contributed by atoms with Gasteiger partial charge in [-0.25, -0.2) is 0 Å². The van der Waals surface area contributed by atoms with Crippen LogP contribution in [0.5, 0.6) is 0 Å². The van der Waals surface area contributed by atoms with E-state index in [1.807, 2.05) is 42.5 Å². The largest absolute Gasteiger partial charge is 0.377 e. The van der Waals surface area contributed by atoms with Crippen molar-refractivity contribution in [2.24, 2.45) is 0 Å². The summed E-state index contributed by atoms with van der Waals surface area (Å²) in [7, 11) is 0. The zero-order valence-corrected chi connectivity index (χ0v) is 12.1. The number of anilines is 1. The van der Waals surface area contributed by atoms with Crippen molar-refractivity contribution in [3.05, 3.63) is 65.7 Å². The van der Waals surface area contributed by atoms with Crippen molar-refractivity contribution in [2.75, 3.05) is 11.4 Å². The van der Waals surface area contributed by atoms with Crippen molar-refractivity contribution >= 4 is 11.5 Å². The number of Topliss-reactive ketones (excluding diaryl/α,β-unsaturated/α-hetero) is 1. The van der Waals surface area contributed by atoms with Crippen LogP contribution in [0, 0.1) is 0 Å². The molecule has 3 heteroatoms. The molecular formula is C18H19NO2. The molecule has 0 bridgehead atoms. The van der Waals surface area contributed by atoms with E-state index in [9.17, 15) is 9.90 Å². The maximum atomic E-state index is 11.9. The third kappa shape index (κ3) is 2.45. The lowest BCUT2D eigenvalue weighted by Gasteiger charge is -2.39. The van der Waals surface area contributed by atoms with Crippen molar-refractivity contribution in [1.29, 1.82) is 0 Å². The van der Waals surface area contributed by atoms with Crippen molar-refractivity contribution in [3.8, 4) is 0 Å². The molecule has 0 aromatic heterocycles. The topological polar surface area (TPSA) is 40.5 Å². The molecule has 1 atom stereocenters. The average molecular weight is 281 g/mol. The quantitative estimate of drug-likeness (QED) is 0.940. The number of ketones is 1. The maximum Gasteiger partial charge on any atom is 0.165 e. The van der Waals surface area contributed by atoms with Gasteiger partial charge in [0.05, 0.1) is 0 Å². The molecule has 1 heterocycles. The molecule has 21 heavy (non-hydrogen) atoms. The summed E-state index contributed by atoms with van der Waals surface area (Å²) in [5.41, 5.74) is 1.55. The van der Waals surface area contributed by atoms with Crippen LogP contribution >= 0.6 is 0 Å². The van der Waals surface area contributed by atoms with Crippen LogP contribution in [-0.4, -0.2) is 17.4 Å². The van der Waals surface area contributed by atoms with Gasteiger partial charge in [-0.1, -0.05) is 48.5 Å². The number of hydrogen-bond acceptors (Lipinski definition) is 3. The van der Waals surface area contributed by atoms with E-state index < -0.39 is 5.60 Å². The second-order valence-corrected chi connectivity index (χ2v) is 5.59. The van der Waals surface area contributed by atoms with Gasteiger partial charge < -0.3 is 10.0 Å². The Balaban J connectivity index is 1.97. The summed E-state index contributed by atoms with van der Waals surface area (Å²) in [5, 5.41) is 10.7. The minimum Gasteiger partial charge on any atom is -0.377 e. The summed E-state index contributed by atoms with van der Waals surface area (Å²) in [4.78, 5) is 14.1. The minimum absolute atomic E-state index is 0.186. The number of fused-ring (bicyclic) bond motifs is 1. The fraction of sp³-hybridized carbons (Fsp3) is 0.278. The summed E-state index contributed by atoms with van der Waals surface area (Å²) >= 11 is 0. The molecular weight excluding hydrogens is 262 g/mol. The van der Waals surface area contributed by atoms with Crippen molar-refractivity contribution in [3.63, 3.8) is 0 Å². The Labute approximate surface area is 124 Å². The SMILES string of the molecule is CC(=O)C1(O)CCN(Cc2ccccc2)c2ccccc21. The summed E-state index contributed by atoms with van der Waals surface area (Å²) in [6, 6.07) is 17.9. The highest BCUT2D eigenvalue weighted by Crippen LogP contribution is 2.39. The van der Waals surface area contributed by atoms with Gasteiger partial charge in [0.2, 0.25) is 0 Å². The lowest BCUT2D eigenvalue weighted by Crippen LogP contribution is -2.44. The normalized spacial score (nSPS) is 21.0. The molecule has 0 aliphatic carbocycles. The van der Waals surface area contributed by atoms with Crippen LogP contribution < -0.4 is 4.90 Å². The molecule has 2 aromatic rings. The van der Waals surface area contributed by atoms with Crippen LogP contribution in [0.2, 0.25) is 0 Å².